The summed E-state index contributed by atoms with van der Waals surface area (Å²) in [6.07, 6.45) is 0. The molecule has 0 spiro atoms. The van der Waals surface area contributed by atoms with Gasteiger partial charge in [0.1, 0.15) is 16.4 Å². The Bertz CT molecular complexity index is 1510. The SMILES string of the molecule is C=C(C(=O)OC(C)(C)C)C(c1ccccc1)n1c(S(=O)(=O)c2ccccc2)cc2cc(OC)ccc21. The minimum atomic E-state index is -3.97. The molecule has 0 amide bonds. The molecule has 0 fully saturated rings. The summed E-state index contributed by atoms with van der Waals surface area (Å²) < 4.78 is 40.5. The Hall–Kier alpha value is -3.84. The number of esters is 1. The summed E-state index contributed by atoms with van der Waals surface area (Å²) in [7, 11) is -2.42. The molecular formula is C29H29NO5S. The Morgan fingerprint density at radius 1 is 0.917 bits per heavy atom. The van der Waals surface area contributed by atoms with Gasteiger partial charge in [0.05, 0.1) is 29.1 Å². The zero-order valence-corrected chi connectivity index (χ0v) is 21.6. The number of rotatable bonds is 7. The highest BCUT2D eigenvalue weighted by Crippen LogP contribution is 2.38. The maximum absolute atomic E-state index is 13.9. The van der Waals surface area contributed by atoms with Crippen molar-refractivity contribution >= 4 is 26.7 Å². The van der Waals surface area contributed by atoms with Crippen LogP contribution >= 0.6 is 0 Å². The highest BCUT2D eigenvalue weighted by Gasteiger charge is 2.33. The molecule has 0 radical (unpaired) electrons. The third-order valence-corrected chi connectivity index (χ3v) is 7.46. The van der Waals surface area contributed by atoms with Crippen LogP contribution in [0.2, 0.25) is 0 Å². The molecule has 0 saturated heterocycles. The van der Waals surface area contributed by atoms with Gasteiger partial charge in [-0.2, -0.15) is 0 Å². The summed E-state index contributed by atoms with van der Waals surface area (Å²) in [6.45, 7) is 9.42. The third kappa shape index (κ3) is 4.93. The first-order valence-corrected chi connectivity index (χ1v) is 13.0. The minimum Gasteiger partial charge on any atom is -0.497 e. The number of benzene rings is 3. The lowest BCUT2D eigenvalue weighted by atomic mass is 9.99. The van der Waals surface area contributed by atoms with E-state index in [4.69, 9.17) is 9.47 Å². The fraction of sp³-hybridized carbons (Fsp3) is 0.207. The lowest BCUT2D eigenvalue weighted by Crippen LogP contribution is -2.29. The van der Waals surface area contributed by atoms with Crippen LogP contribution in [-0.2, 0) is 19.4 Å². The lowest BCUT2D eigenvalue weighted by Gasteiger charge is -2.27. The molecule has 1 heterocycles. The van der Waals surface area contributed by atoms with E-state index >= 15 is 0 Å². The topological polar surface area (TPSA) is 74.6 Å². The van der Waals surface area contributed by atoms with Gasteiger partial charge in [-0.15, -0.1) is 0 Å². The number of nitrogens with zero attached hydrogens (tertiary/aromatic N) is 1. The van der Waals surface area contributed by atoms with E-state index in [9.17, 15) is 13.2 Å². The molecule has 0 aliphatic rings. The molecule has 6 nitrogen and oxygen atoms in total. The van der Waals surface area contributed by atoms with Crippen molar-refractivity contribution in [2.24, 2.45) is 0 Å². The van der Waals surface area contributed by atoms with Crippen molar-refractivity contribution in [3.63, 3.8) is 0 Å². The predicted molar refractivity (Wildman–Crippen MR) is 140 cm³/mol. The number of carbonyl (C=O) groups is 1. The fourth-order valence-electron chi connectivity index (χ4n) is 4.11. The molecule has 0 aliphatic carbocycles. The van der Waals surface area contributed by atoms with Gasteiger partial charge < -0.3 is 14.0 Å². The molecule has 4 rings (SSSR count). The predicted octanol–water partition coefficient (Wildman–Crippen LogP) is 5.97. The zero-order valence-electron chi connectivity index (χ0n) is 20.8. The van der Waals surface area contributed by atoms with Gasteiger partial charge in [0.15, 0.2) is 0 Å². The quantitative estimate of drug-likeness (QED) is 0.229. The molecule has 0 saturated carbocycles. The normalized spacial score (nSPS) is 12.8. The number of methoxy groups -OCH3 is 1. The smallest absolute Gasteiger partial charge is 0.336 e. The second-order valence-corrected chi connectivity index (χ2v) is 11.3. The maximum Gasteiger partial charge on any atom is 0.336 e. The van der Waals surface area contributed by atoms with Crippen LogP contribution in [-0.4, -0.2) is 31.7 Å². The zero-order chi connectivity index (χ0) is 26.1. The number of ether oxygens (including phenoxy) is 2. The largest absolute Gasteiger partial charge is 0.497 e. The van der Waals surface area contributed by atoms with Crippen LogP contribution in [0.1, 0.15) is 32.4 Å². The van der Waals surface area contributed by atoms with Gasteiger partial charge in [-0.1, -0.05) is 55.1 Å². The number of hydrogen-bond acceptors (Lipinski definition) is 5. The summed E-state index contributed by atoms with van der Waals surface area (Å²) in [5, 5.41) is 0.692. The molecule has 0 N–H and O–H groups in total. The van der Waals surface area contributed by atoms with E-state index in [-0.39, 0.29) is 15.5 Å². The summed E-state index contributed by atoms with van der Waals surface area (Å²) in [4.78, 5) is 13.4. The summed E-state index contributed by atoms with van der Waals surface area (Å²) >= 11 is 0. The second kappa shape index (κ2) is 9.66. The third-order valence-electron chi connectivity index (χ3n) is 5.70. The molecule has 4 aromatic rings. The van der Waals surface area contributed by atoms with E-state index in [1.165, 1.54) is 0 Å². The number of hydrogen-bond donors (Lipinski definition) is 0. The first-order chi connectivity index (χ1) is 17.0. The van der Waals surface area contributed by atoms with Crippen molar-refractivity contribution in [1.29, 1.82) is 0 Å². The summed E-state index contributed by atoms with van der Waals surface area (Å²) in [5.74, 6) is -0.0136. The average Bonchev–Trinajstić information content (AvgIpc) is 3.23. The Morgan fingerprint density at radius 2 is 1.53 bits per heavy atom. The van der Waals surface area contributed by atoms with E-state index in [0.29, 0.717) is 22.2 Å². The van der Waals surface area contributed by atoms with E-state index < -0.39 is 27.4 Å². The Morgan fingerprint density at radius 3 is 2.11 bits per heavy atom. The highest BCUT2D eigenvalue weighted by molar-refractivity contribution is 7.91. The first kappa shape index (κ1) is 25.3. The molecule has 0 bridgehead atoms. The lowest BCUT2D eigenvalue weighted by molar-refractivity contribution is -0.150. The van der Waals surface area contributed by atoms with Gasteiger partial charge in [0.2, 0.25) is 9.84 Å². The van der Waals surface area contributed by atoms with Gasteiger partial charge in [0, 0.05) is 5.39 Å². The van der Waals surface area contributed by atoms with Crippen LogP contribution in [0.15, 0.2) is 107 Å². The van der Waals surface area contributed by atoms with Crippen molar-refractivity contribution in [3.8, 4) is 5.75 Å². The molecule has 1 atom stereocenters. The highest BCUT2D eigenvalue weighted by atomic mass is 32.2. The monoisotopic (exact) mass is 503 g/mol. The maximum atomic E-state index is 13.9. The van der Waals surface area contributed by atoms with Crippen molar-refractivity contribution in [2.45, 2.75) is 42.3 Å². The van der Waals surface area contributed by atoms with E-state index in [0.717, 1.165) is 0 Å². The van der Waals surface area contributed by atoms with Crippen LogP contribution in [0, 0.1) is 0 Å². The number of sulfone groups is 1. The molecule has 1 aromatic heterocycles. The van der Waals surface area contributed by atoms with Gasteiger partial charge in [-0.25, -0.2) is 13.2 Å². The first-order valence-electron chi connectivity index (χ1n) is 11.5. The molecule has 3 aromatic carbocycles. The van der Waals surface area contributed by atoms with E-state index in [1.54, 1.807) is 87.0 Å². The van der Waals surface area contributed by atoms with Gasteiger partial charge in [-0.3, -0.25) is 0 Å². The summed E-state index contributed by atoms with van der Waals surface area (Å²) in [6, 6.07) is 23.5. The Kier molecular flexibility index (Phi) is 6.78. The molecule has 186 valence electrons. The molecular weight excluding hydrogens is 474 g/mol. The molecule has 7 heteroatoms. The van der Waals surface area contributed by atoms with E-state index in [1.807, 2.05) is 30.3 Å². The second-order valence-electron chi connectivity index (χ2n) is 9.43. The van der Waals surface area contributed by atoms with Crippen molar-refractivity contribution in [2.75, 3.05) is 7.11 Å². The van der Waals surface area contributed by atoms with Crippen LogP contribution in [0.3, 0.4) is 0 Å². The Labute approximate surface area is 211 Å². The van der Waals surface area contributed by atoms with Crippen LogP contribution in [0.25, 0.3) is 10.9 Å². The standard InChI is InChI=1S/C29H29NO5S/c1-20(28(31)35-29(2,3)4)27(21-12-8-6-9-13-21)30-25-17-16-23(34-5)18-22(25)19-26(30)36(32,33)24-14-10-7-11-15-24/h6-19,27H,1H2,2-5H3. The minimum absolute atomic E-state index is 0.0375. The average molecular weight is 504 g/mol. The number of fused-ring (bicyclic) bond motifs is 1. The Balaban J connectivity index is 2.03. The van der Waals surface area contributed by atoms with Crippen LogP contribution < -0.4 is 4.74 Å². The van der Waals surface area contributed by atoms with E-state index in [2.05, 4.69) is 6.58 Å². The number of carbonyl (C=O) groups excluding carboxylic acids is 1. The summed E-state index contributed by atoms with van der Waals surface area (Å²) in [5.41, 5.74) is 0.691. The fourth-order valence-corrected chi connectivity index (χ4v) is 5.61. The van der Waals surface area contributed by atoms with Crippen LogP contribution in [0.5, 0.6) is 5.75 Å². The van der Waals surface area contributed by atoms with Gasteiger partial charge >= 0.3 is 5.97 Å². The molecule has 1 unspecified atom stereocenters. The molecule has 36 heavy (non-hydrogen) atoms. The van der Waals surface area contributed by atoms with Gasteiger partial charge in [0.25, 0.3) is 0 Å². The van der Waals surface area contributed by atoms with Crippen molar-refractivity contribution in [3.05, 3.63) is 103 Å². The molecule has 0 aliphatic heterocycles. The van der Waals surface area contributed by atoms with Crippen molar-refractivity contribution < 1.29 is 22.7 Å². The van der Waals surface area contributed by atoms with Gasteiger partial charge in [-0.05, 0) is 62.7 Å². The van der Waals surface area contributed by atoms with Crippen LogP contribution in [0.4, 0.5) is 0 Å². The van der Waals surface area contributed by atoms with Crippen molar-refractivity contribution in [1.82, 2.24) is 4.57 Å². The number of aromatic nitrogens is 1.